The van der Waals surface area contributed by atoms with E-state index in [2.05, 4.69) is 0 Å². The second-order valence-corrected chi connectivity index (χ2v) is 14.1. The van der Waals surface area contributed by atoms with Crippen LogP contribution in [0.15, 0.2) is 0 Å². The fourth-order valence-corrected chi connectivity index (χ4v) is 9.17. The average molecular weight is 616 g/mol. The first-order valence-corrected chi connectivity index (χ1v) is 10.0. The monoisotopic (exact) mass is 609 g/mol. The van der Waals surface area contributed by atoms with Gasteiger partial charge in [0, 0.05) is 0 Å². The van der Waals surface area contributed by atoms with Crippen molar-refractivity contribution in [3.8, 4) is 0 Å². The third kappa shape index (κ3) is 4.33. The highest BCUT2D eigenvalue weighted by Gasteiger charge is 2.84. The maximum atomic E-state index is 6.15. The van der Waals surface area contributed by atoms with E-state index in [1.807, 2.05) is 0 Å². The van der Waals surface area contributed by atoms with Gasteiger partial charge in [0.1, 0.15) is 5.41 Å². The molecule has 133 valence electrons. The van der Waals surface area contributed by atoms with Crippen LogP contribution in [0.1, 0.15) is 0 Å². The van der Waals surface area contributed by atoms with Gasteiger partial charge in [0.15, 0.2) is 13.5 Å². The van der Waals surface area contributed by atoms with E-state index in [1.165, 1.54) is 0 Å². The summed E-state index contributed by atoms with van der Waals surface area (Å²) in [5, 5.41) is 0. The Kier molecular flexibility index (Phi) is 9.58. The van der Waals surface area contributed by atoms with Crippen molar-refractivity contribution < 1.29 is 0 Å². The molecule has 0 aromatic rings. The Labute approximate surface area is 201 Å². The highest BCUT2D eigenvalue weighted by Crippen LogP contribution is 2.77. The van der Waals surface area contributed by atoms with Crippen LogP contribution >= 0.6 is 174 Å². The molecule has 0 bridgehead atoms. The van der Waals surface area contributed by atoms with Gasteiger partial charge < -0.3 is 0 Å². The predicted octanol–water partition coefficient (Wildman–Crippen LogP) is 9.40. The normalized spacial score (nSPS) is 16.4. The van der Waals surface area contributed by atoms with Crippen molar-refractivity contribution in [1.82, 2.24) is 0 Å². The van der Waals surface area contributed by atoms with Crippen molar-refractivity contribution in [2.45, 2.75) is 20.0 Å². The predicted molar refractivity (Wildman–Crippen MR) is 107 cm³/mol. The van der Waals surface area contributed by atoms with Gasteiger partial charge >= 0.3 is 0 Å². The zero-order valence-corrected chi connectivity index (χ0v) is 20.5. The van der Waals surface area contributed by atoms with E-state index in [1.54, 1.807) is 0 Å². The van der Waals surface area contributed by atoms with Gasteiger partial charge in [-0.05, 0) is 0 Å². The molecule has 0 aromatic carbocycles. The molecule has 0 heterocycles. The maximum absolute atomic E-state index is 6.15. The largest absolute Gasteiger partial charge is 0.207 e. The highest BCUT2D eigenvalue weighted by atomic mass is 35.6. The lowest BCUT2D eigenvalue weighted by atomic mass is 9.85. The Morgan fingerprint density at radius 2 is 0.682 bits per heavy atom. The number of hydrogen-bond acceptors (Lipinski definition) is 0. The van der Waals surface area contributed by atoms with E-state index in [0.717, 1.165) is 0 Å². The smallest absolute Gasteiger partial charge is 0.0970 e. The van der Waals surface area contributed by atoms with Gasteiger partial charge in [-0.15, -0.1) is 0 Å². The molecule has 0 spiro atoms. The van der Waals surface area contributed by atoms with E-state index >= 15 is 0 Å². The molecule has 0 aliphatic carbocycles. The summed E-state index contributed by atoms with van der Waals surface area (Å²) < 4.78 is -13.6. The van der Waals surface area contributed by atoms with Gasteiger partial charge in [-0.1, -0.05) is 174 Å². The first kappa shape index (κ1) is 26.4. The molecule has 0 saturated carbocycles. The second-order valence-electron chi connectivity index (χ2n) is 3.65. The van der Waals surface area contributed by atoms with Crippen LogP contribution in [0.3, 0.4) is 0 Å². The molecule has 0 rings (SSSR count). The van der Waals surface area contributed by atoms with Gasteiger partial charge in [-0.25, -0.2) is 0 Å². The number of alkyl halides is 13. The van der Waals surface area contributed by atoms with Crippen LogP contribution in [-0.2, 0) is 0 Å². The second kappa shape index (κ2) is 8.00. The minimum atomic E-state index is -2.86. The Balaban J connectivity index is 6.98. The first-order chi connectivity index (χ1) is 9.19. The van der Waals surface area contributed by atoms with Crippen LogP contribution in [-0.4, -0.2) is 20.0 Å². The number of halogens is 15. The molecule has 0 N–H and O–H groups in total. The molecule has 0 aromatic heterocycles. The number of rotatable bonds is 3. The SMILES string of the molecule is Cl[C](Cl)C(Cl)(Cl)C(Cl)(Cl)C(C(Cl)(Cl)Cl)(C(Cl)(Cl)Cl)C(Cl)(Cl)Cl. The van der Waals surface area contributed by atoms with Crippen LogP contribution in [0.2, 0.25) is 0 Å². The molecule has 0 aliphatic heterocycles. The summed E-state index contributed by atoms with van der Waals surface area (Å²) in [6.07, 6.45) is 0. The third-order valence-corrected chi connectivity index (χ3v) is 8.35. The van der Waals surface area contributed by atoms with Gasteiger partial charge in [0.2, 0.25) is 11.4 Å². The third-order valence-electron chi connectivity index (χ3n) is 2.38. The summed E-state index contributed by atoms with van der Waals surface area (Å²) in [4.78, 5) is -0.789. The van der Waals surface area contributed by atoms with E-state index in [9.17, 15) is 0 Å². The van der Waals surface area contributed by atoms with Crippen LogP contribution in [0.25, 0.3) is 0 Å². The van der Waals surface area contributed by atoms with Crippen LogP contribution in [0, 0.1) is 10.3 Å². The summed E-state index contributed by atoms with van der Waals surface area (Å²) in [6.45, 7) is 0. The molecule has 22 heavy (non-hydrogen) atoms. The van der Waals surface area contributed by atoms with Crippen molar-refractivity contribution in [2.75, 3.05) is 0 Å². The van der Waals surface area contributed by atoms with Crippen LogP contribution in [0.5, 0.6) is 0 Å². The lowest BCUT2D eigenvalue weighted by molar-refractivity contribution is 0.250. The molecule has 0 unspecified atom stereocenters. The lowest BCUT2D eigenvalue weighted by Crippen LogP contribution is -2.69. The Hall–Kier alpha value is 4.35. The molecule has 0 atom stereocenters. The van der Waals surface area contributed by atoms with Gasteiger partial charge in [-0.2, -0.15) is 0 Å². The molecular weight excluding hydrogens is 616 g/mol. The van der Waals surface area contributed by atoms with Crippen molar-refractivity contribution in [3.05, 3.63) is 4.84 Å². The van der Waals surface area contributed by atoms with E-state index < -0.39 is 30.3 Å². The lowest BCUT2D eigenvalue weighted by Gasteiger charge is -2.57. The quantitative estimate of drug-likeness (QED) is 0.278. The molecule has 0 nitrogen and oxygen atoms in total. The summed E-state index contributed by atoms with van der Waals surface area (Å²) in [5.41, 5.74) is -2.86. The Morgan fingerprint density at radius 3 is 0.818 bits per heavy atom. The van der Waals surface area contributed by atoms with E-state index in [4.69, 9.17) is 174 Å². The zero-order valence-electron chi connectivity index (χ0n) is 9.17. The van der Waals surface area contributed by atoms with Crippen molar-refractivity contribution >= 4 is 174 Å². The summed E-state index contributed by atoms with van der Waals surface area (Å²) >= 11 is 88.1. The molecule has 0 aliphatic rings. The van der Waals surface area contributed by atoms with Crippen molar-refractivity contribution in [3.63, 3.8) is 0 Å². The summed E-state index contributed by atoms with van der Waals surface area (Å²) in [7, 11) is 0. The fourth-order valence-electron chi connectivity index (χ4n) is 1.37. The van der Waals surface area contributed by atoms with Crippen LogP contribution < -0.4 is 0 Å². The zero-order chi connectivity index (χ0) is 18.6. The van der Waals surface area contributed by atoms with E-state index in [0.29, 0.717) is 0 Å². The first-order valence-electron chi connectivity index (χ1n) is 4.33. The molecule has 1 radical (unpaired) electrons. The summed E-state index contributed by atoms with van der Waals surface area (Å²) in [6, 6.07) is 0. The Bertz CT molecular complexity index is 356. The molecule has 0 fully saturated rings. The van der Waals surface area contributed by atoms with E-state index in [-0.39, 0.29) is 0 Å². The minimum absolute atomic E-state index is 0.789. The van der Waals surface area contributed by atoms with Gasteiger partial charge in [0.05, 0.1) is 0 Å². The van der Waals surface area contributed by atoms with Gasteiger partial charge in [0.25, 0.3) is 0 Å². The average Bonchev–Trinajstić information content (AvgIpc) is 2.08. The van der Waals surface area contributed by atoms with Crippen molar-refractivity contribution in [2.24, 2.45) is 5.41 Å². The molecular formula is C7Cl15. The Morgan fingerprint density at radius 1 is 0.455 bits per heavy atom. The molecule has 0 saturated heterocycles. The van der Waals surface area contributed by atoms with Gasteiger partial charge in [-0.3, -0.25) is 0 Å². The number of hydrogen-bond donors (Lipinski definition) is 0. The molecule has 15 heteroatoms. The topological polar surface area (TPSA) is 0 Å². The summed E-state index contributed by atoms with van der Waals surface area (Å²) in [5.74, 6) is 0. The minimum Gasteiger partial charge on any atom is -0.0970 e. The highest BCUT2D eigenvalue weighted by molar-refractivity contribution is 6.81. The maximum Gasteiger partial charge on any atom is 0.207 e. The van der Waals surface area contributed by atoms with Crippen LogP contribution in [0.4, 0.5) is 0 Å². The fraction of sp³-hybridized carbons (Fsp3) is 0.857. The van der Waals surface area contributed by atoms with Crippen molar-refractivity contribution in [1.29, 1.82) is 0 Å². The standard InChI is InChI=1S/C7Cl15/c8-1(9)2(10,11)4(12,13)3(5(14,15)16,6(17,18)19)7(20,21)22. The molecule has 0 amide bonds.